The van der Waals surface area contributed by atoms with Crippen LogP contribution in [0.3, 0.4) is 0 Å². The quantitative estimate of drug-likeness (QED) is 0.579. The van der Waals surface area contributed by atoms with Crippen LogP contribution in [0.5, 0.6) is 0 Å². The van der Waals surface area contributed by atoms with Crippen molar-refractivity contribution in [3.63, 3.8) is 0 Å². The summed E-state index contributed by atoms with van der Waals surface area (Å²) in [6.45, 7) is 3.17. The molecule has 0 bridgehead atoms. The average molecular weight is 398 g/mol. The van der Waals surface area contributed by atoms with E-state index < -0.39 is 11.2 Å². The number of aromatic amines is 1. The third-order valence-electron chi connectivity index (χ3n) is 5.64. The topological polar surface area (TPSA) is 108 Å². The average Bonchev–Trinajstić information content (AvgIpc) is 3.04. The van der Waals surface area contributed by atoms with E-state index in [1.165, 1.54) is 10.1 Å². The molecule has 0 radical (unpaired) electrons. The lowest BCUT2D eigenvalue weighted by Crippen LogP contribution is -2.35. The Labute approximate surface area is 167 Å². The second-order valence-corrected chi connectivity index (χ2v) is 7.61. The second-order valence-electron chi connectivity index (χ2n) is 7.61. The Bertz CT molecular complexity index is 1140. The van der Waals surface area contributed by atoms with Crippen molar-refractivity contribution in [2.75, 3.05) is 18.4 Å². The first-order valence-corrected chi connectivity index (χ1v) is 9.81. The van der Waals surface area contributed by atoms with Crippen LogP contribution < -0.4 is 16.6 Å². The van der Waals surface area contributed by atoms with Crippen LogP contribution in [0.25, 0.3) is 11.2 Å². The van der Waals surface area contributed by atoms with Gasteiger partial charge in [-0.1, -0.05) is 24.3 Å². The van der Waals surface area contributed by atoms with E-state index in [0.717, 1.165) is 38.0 Å². The van der Waals surface area contributed by atoms with Crippen molar-refractivity contribution in [2.45, 2.75) is 32.0 Å². The van der Waals surface area contributed by atoms with Gasteiger partial charge in [0.25, 0.3) is 5.56 Å². The predicted octanol–water partition coefficient (Wildman–Crippen LogP) is 0.529. The molecular weight excluding hydrogens is 372 g/mol. The van der Waals surface area contributed by atoms with E-state index in [4.69, 9.17) is 0 Å². The summed E-state index contributed by atoms with van der Waals surface area (Å²) >= 11 is 0. The van der Waals surface area contributed by atoms with Crippen molar-refractivity contribution in [3.05, 3.63) is 56.2 Å². The number of aromatic nitrogens is 4. The third kappa shape index (κ3) is 3.83. The number of nitrogens with zero attached hydrogens (tertiary/aromatic N) is 4. The zero-order valence-electron chi connectivity index (χ0n) is 16.7. The molecule has 1 saturated heterocycles. The third-order valence-corrected chi connectivity index (χ3v) is 5.64. The molecule has 3 N–H and O–H groups in total. The first kappa shape index (κ1) is 19.4. The van der Waals surface area contributed by atoms with Gasteiger partial charge in [-0.05, 0) is 24.0 Å². The number of fused-ring (bicyclic) bond motifs is 1. The Morgan fingerprint density at radius 2 is 1.83 bits per heavy atom. The van der Waals surface area contributed by atoms with Gasteiger partial charge in [-0.3, -0.25) is 19.2 Å². The van der Waals surface area contributed by atoms with E-state index in [0.29, 0.717) is 23.7 Å². The number of benzene rings is 1. The summed E-state index contributed by atoms with van der Waals surface area (Å²) in [4.78, 5) is 33.1. The van der Waals surface area contributed by atoms with E-state index in [1.54, 1.807) is 18.7 Å². The number of hydrogen-bond acceptors (Lipinski definition) is 6. The summed E-state index contributed by atoms with van der Waals surface area (Å²) in [7, 11) is 3.34. The number of H-pyrrole nitrogens is 1. The van der Waals surface area contributed by atoms with Crippen LogP contribution in [-0.2, 0) is 27.2 Å². The number of rotatable bonds is 5. The number of anilines is 1. The maximum Gasteiger partial charge on any atom is 0.329 e. The van der Waals surface area contributed by atoms with Gasteiger partial charge in [0.05, 0.1) is 6.10 Å². The molecule has 0 spiro atoms. The number of aliphatic hydroxyl groups is 1. The first-order valence-electron chi connectivity index (χ1n) is 9.81. The van der Waals surface area contributed by atoms with Gasteiger partial charge in [-0.25, -0.2) is 4.79 Å². The maximum absolute atomic E-state index is 12.2. The zero-order chi connectivity index (χ0) is 20.5. The van der Waals surface area contributed by atoms with Crippen LogP contribution in [0.2, 0.25) is 0 Å². The lowest BCUT2D eigenvalue weighted by atomic mass is 10.0. The molecule has 0 amide bonds. The fraction of sp³-hybridized carbons (Fsp3) is 0.450. The Morgan fingerprint density at radius 1 is 1.14 bits per heavy atom. The van der Waals surface area contributed by atoms with Crippen molar-refractivity contribution in [2.24, 2.45) is 14.1 Å². The Balaban J connectivity index is 1.55. The van der Waals surface area contributed by atoms with Gasteiger partial charge in [-0.15, -0.1) is 0 Å². The number of piperidine rings is 1. The largest absolute Gasteiger partial charge is 0.393 e. The number of imidazole rings is 1. The molecule has 29 heavy (non-hydrogen) atoms. The minimum Gasteiger partial charge on any atom is -0.393 e. The highest BCUT2D eigenvalue weighted by atomic mass is 16.3. The highest BCUT2D eigenvalue weighted by molar-refractivity contribution is 5.73. The molecule has 0 aliphatic carbocycles. The fourth-order valence-electron chi connectivity index (χ4n) is 3.84. The van der Waals surface area contributed by atoms with E-state index in [-0.39, 0.29) is 6.10 Å². The van der Waals surface area contributed by atoms with Gasteiger partial charge in [0.15, 0.2) is 11.2 Å². The van der Waals surface area contributed by atoms with Crippen molar-refractivity contribution in [3.8, 4) is 0 Å². The molecule has 1 aromatic carbocycles. The monoisotopic (exact) mass is 398 g/mol. The smallest absolute Gasteiger partial charge is 0.329 e. The number of aliphatic hydroxyl groups excluding tert-OH is 1. The van der Waals surface area contributed by atoms with E-state index in [9.17, 15) is 14.7 Å². The van der Waals surface area contributed by atoms with E-state index >= 15 is 0 Å². The van der Waals surface area contributed by atoms with Crippen molar-refractivity contribution in [1.82, 2.24) is 24.0 Å². The summed E-state index contributed by atoms with van der Waals surface area (Å²) < 4.78 is 3.00. The molecule has 0 atom stereocenters. The number of aryl methyl sites for hydroxylation is 2. The van der Waals surface area contributed by atoms with Gasteiger partial charge in [0.2, 0.25) is 5.95 Å². The molecule has 1 aliphatic rings. The highest BCUT2D eigenvalue weighted by Gasteiger charge is 2.18. The van der Waals surface area contributed by atoms with Gasteiger partial charge >= 0.3 is 5.69 Å². The molecule has 0 unspecified atom stereocenters. The van der Waals surface area contributed by atoms with Gasteiger partial charge in [0.1, 0.15) is 0 Å². The van der Waals surface area contributed by atoms with E-state index in [2.05, 4.69) is 32.3 Å². The van der Waals surface area contributed by atoms with Crippen LogP contribution in [0.15, 0.2) is 33.9 Å². The maximum atomic E-state index is 12.2. The molecular formula is C20H26N6O3. The lowest BCUT2D eigenvalue weighted by molar-refractivity contribution is 0.0791. The predicted molar refractivity (Wildman–Crippen MR) is 111 cm³/mol. The van der Waals surface area contributed by atoms with Crippen LogP contribution in [0.4, 0.5) is 5.95 Å². The number of likely N-dealkylation sites (tertiary alicyclic amines) is 1. The summed E-state index contributed by atoms with van der Waals surface area (Å²) in [5.41, 5.74) is 2.15. The molecule has 1 fully saturated rings. The van der Waals surface area contributed by atoms with Crippen molar-refractivity contribution in [1.29, 1.82) is 0 Å². The molecule has 4 rings (SSSR count). The first-order chi connectivity index (χ1) is 13.9. The molecule has 3 aromatic rings. The summed E-state index contributed by atoms with van der Waals surface area (Å²) in [6, 6.07) is 8.23. The van der Waals surface area contributed by atoms with Gasteiger partial charge in [-0.2, -0.15) is 4.98 Å². The summed E-state index contributed by atoms with van der Waals surface area (Å²) in [5.74, 6) is 0.530. The lowest BCUT2D eigenvalue weighted by Gasteiger charge is -2.30. The molecule has 9 heteroatoms. The molecule has 1 aliphatic heterocycles. The van der Waals surface area contributed by atoms with Crippen LogP contribution in [-0.4, -0.2) is 48.3 Å². The highest BCUT2D eigenvalue weighted by Crippen LogP contribution is 2.19. The molecule has 2 aromatic heterocycles. The minimum atomic E-state index is -0.482. The standard InChI is InChI=1S/C20H26N6O3/c1-24-16-17(25(2)20(29)23-18(16)28)22-19(24)21-11-13-5-3-4-6-14(13)12-26-9-7-15(27)8-10-26/h3-6,15,27H,7-12H2,1-2H3,(H,21,22)(H,23,28,29). The van der Waals surface area contributed by atoms with Crippen LogP contribution in [0.1, 0.15) is 24.0 Å². The SMILES string of the molecule is Cn1c(NCc2ccccc2CN2CCC(O)CC2)nc2c1c(=O)[nH]c(=O)n2C. The Morgan fingerprint density at radius 3 is 2.55 bits per heavy atom. The summed E-state index contributed by atoms with van der Waals surface area (Å²) in [6.07, 6.45) is 1.45. The molecule has 154 valence electrons. The molecule has 9 nitrogen and oxygen atoms in total. The molecule has 0 saturated carbocycles. The zero-order valence-corrected chi connectivity index (χ0v) is 16.7. The van der Waals surface area contributed by atoms with Crippen LogP contribution >= 0.6 is 0 Å². The second kappa shape index (κ2) is 7.84. The van der Waals surface area contributed by atoms with Gasteiger partial charge in [0, 0.05) is 40.3 Å². The molecule has 3 heterocycles. The Hall–Kier alpha value is -2.91. The normalized spacial score (nSPS) is 15.8. The van der Waals surface area contributed by atoms with E-state index in [1.807, 2.05) is 12.1 Å². The van der Waals surface area contributed by atoms with Crippen LogP contribution in [0, 0.1) is 0 Å². The number of hydrogen-bond donors (Lipinski definition) is 3. The summed E-state index contributed by atoms with van der Waals surface area (Å²) in [5, 5.41) is 13.0. The fourth-order valence-corrected chi connectivity index (χ4v) is 3.84. The van der Waals surface area contributed by atoms with Gasteiger partial charge < -0.3 is 15.0 Å². The van der Waals surface area contributed by atoms with Crippen molar-refractivity contribution >= 4 is 17.1 Å². The minimum absolute atomic E-state index is 0.181. The van der Waals surface area contributed by atoms with Crippen molar-refractivity contribution < 1.29 is 5.11 Å². The number of nitrogens with one attached hydrogen (secondary N) is 2. The Kier molecular flexibility index (Phi) is 5.25.